The molecule has 0 atom stereocenters. The topological polar surface area (TPSA) is 82.0 Å². The van der Waals surface area contributed by atoms with Crippen LogP contribution in [0.5, 0.6) is 11.6 Å². The Hall–Kier alpha value is -2.86. The van der Waals surface area contributed by atoms with Gasteiger partial charge in [-0.05, 0) is 18.2 Å². The summed E-state index contributed by atoms with van der Waals surface area (Å²) >= 11 is 1.30. The number of aromatic nitrogens is 3. The van der Waals surface area contributed by atoms with Crippen LogP contribution in [0.1, 0.15) is 0 Å². The summed E-state index contributed by atoms with van der Waals surface area (Å²) in [6.07, 6.45) is 0. The van der Waals surface area contributed by atoms with Gasteiger partial charge in [0.15, 0.2) is 0 Å². The molecule has 0 bridgehead atoms. The highest BCUT2D eigenvalue weighted by molar-refractivity contribution is 7.18. The van der Waals surface area contributed by atoms with E-state index in [2.05, 4.69) is 15.2 Å². The third kappa shape index (κ3) is 1.93. The van der Waals surface area contributed by atoms with Crippen LogP contribution in [0.3, 0.4) is 0 Å². The highest BCUT2D eigenvalue weighted by atomic mass is 32.1. The van der Waals surface area contributed by atoms with Crippen molar-refractivity contribution in [1.29, 1.82) is 0 Å². The molecule has 0 aliphatic rings. The van der Waals surface area contributed by atoms with E-state index in [-0.39, 0.29) is 11.6 Å². The third-order valence-corrected chi connectivity index (χ3v) is 4.52. The first-order valence-electron chi connectivity index (χ1n) is 6.65. The Kier molecular flexibility index (Phi) is 2.83. The van der Waals surface area contributed by atoms with E-state index in [0.717, 1.165) is 10.9 Å². The van der Waals surface area contributed by atoms with Crippen molar-refractivity contribution in [3.8, 4) is 32.8 Å². The van der Waals surface area contributed by atoms with Crippen LogP contribution in [-0.4, -0.2) is 25.4 Å². The van der Waals surface area contributed by atoms with Crippen LogP contribution in [0, 0.1) is 0 Å². The van der Waals surface area contributed by atoms with Crippen LogP contribution in [-0.2, 0) is 0 Å². The summed E-state index contributed by atoms with van der Waals surface area (Å²) in [5, 5.41) is 28.9. The molecule has 0 spiro atoms. The number of phenols is 1. The number of nitrogens with zero attached hydrogens (tertiary/aromatic N) is 2. The molecule has 0 unspecified atom stereocenters. The van der Waals surface area contributed by atoms with Gasteiger partial charge in [0.1, 0.15) is 21.3 Å². The number of hydrogen-bond donors (Lipinski definition) is 3. The molecule has 2 aromatic heterocycles. The molecule has 2 aromatic carbocycles. The first kappa shape index (κ1) is 12.8. The minimum absolute atomic E-state index is 0.103. The molecule has 5 nitrogen and oxygen atoms in total. The molecule has 22 heavy (non-hydrogen) atoms. The Balaban J connectivity index is 1.89. The molecule has 4 rings (SSSR count). The number of phenolic OH excluding ortho intramolecular Hbond substituents is 1. The summed E-state index contributed by atoms with van der Waals surface area (Å²) in [6, 6.07) is 14.6. The van der Waals surface area contributed by atoms with Crippen molar-refractivity contribution in [3.05, 3.63) is 48.5 Å². The molecular formula is C16H11N3O2S. The van der Waals surface area contributed by atoms with Crippen molar-refractivity contribution in [2.24, 2.45) is 0 Å². The van der Waals surface area contributed by atoms with Gasteiger partial charge >= 0.3 is 0 Å². The minimum Gasteiger partial charge on any atom is -0.507 e. The number of aromatic hydroxyl groups is 2. The maximum absolute atomic E-state index is 10.1. The Morgan fingerprint density at radius 3 is 2.59 bits per heavy atom. The summed E-state index contributed by atoms with van der Waals surface area (Å²) in [4.78, 5) is 4.73. The normalized spacial score (nSPS) is 11.1. The lowest BCUT2D eigenvalue weighted by Crippen LogP contribution is -1.76. The number of thiazole rings is 1. The lowest BCUT2D eigenvalue weighted by atomic mass is 10.2. The predicted octanol–water partition coefficient (Wildman–Crippen LogP) is 3.76. The monoisotopic (exact) mass is 309 g/mol. The van der Waals surface area contributed by atoms with Crippen LogP contribution in [0.15, 0.2) is 48.5 Å². The van der Waals surface area contributed by atoms with E-state index in [0.29, 0.717) is 21.1 Å². The molecule has 3 N–H and O–H groups in total. The molecule has 6 heteroatoms. The predicted molar refractivity (Wildman–Crippen MR) is 86.0 cm³/mol. The summed E-state index contributed by atoms with van der Waals surface area (Å²) < 4.78 is 0. The van der Waals surface area contributed by atoms with Gasteiger partial charge in [0.25, 0.3) is 0 Å². The van der Waals surface area contributed by atoms with E-state index >= 15 is 0 Å². The van der Waals surface area contributed by atoms with E-state index < -0.39 is 0 Å². The molecule has 0 fully saturated rings. The van der Waals surface area contributed by atoms with E-state index in [1.807, 2.05) is 24.3 Å². The van der Waals surface area contributed by atoms with Crippen molar-refractivity contribution >= 4 is 22.2 Å². The smallest absolute Gasteiger partial charge is 0.230 e. The number of para-hydroxylation sites is 2. The zero-order chi connectivity index (χ0) is 15.1. The second-order valence-corrected chi connectivity index (χ2v) is 5.81. The number of benzene rings is 2. The number of hydrogen-bond acceptors (Lipinski definition) is 5. The highest BCUT2D eigenvalue weighted by Crippen LogP contribution is 2.43. The number of rotatable bonds is 2. The van der Waals surface area contributed by atoms with Gasteiger partial charge < -0.3 is 10.2 Å². The zero-order valence-corrected chi connectivity index (χ0v) is 12.1. The number of H-pyrrole nitrogens is 1. The lowest BCUT2D eigenvalue weighted by Gasteiger charge is -2.00. The Labute approximate surface area is 129 Å². The Morgan fingerprint density at radius 1 is 0.955 bits per heavy atom. The van der Waals surface area contributed by atoms with Gasteiger partial charge in [0, 0.05) is 10.9 Å². The molecule has 0 saturated heterocycles. The van der Waals surface area contributed by atoms with Crippen LogP contribution in [0.4, 0.5) is 0 Å². The van der Waals surface area contributed by atoms with Gasteiger partial charge in [-0.15, -0.1) is 11.3 Å². The lowest BCUT2D eigenvalue weighted by molar-refractivity contribution is 0.456. The van der Waals surface area contributed by atoms with Crippen molar-refractivity contribution < 1.29 is 10.2 Å². The van der Waals surface area contributed by atoms with E-state index in [1.54, 1.807) is 24.3 Å². The Morgan fingerprint density at radius 2 is 1.73 bits per heavy atom. The maximum atomic E-state index is 10.1. The summed E-state index contributed by atoms with van der Waals surface area (Å²) in [5.74, 6) is 0.00784. The molecule has 0 saturated carbocycles. The fourth-order valence-corrected chi connectivity index (χ4v) is 3.38. The van der Waals surface area contributed by atoms with Crippen molar-refractivity contribution in [1.82, 2.24) is 15.2 Å². The van der Waals surface area contributed by atoms with Gasteiger partial charge in [0.05, 0.1) is 5.52 Å². The fraction of sp³-hybridized carbons (Fsp3) is 0. The SMILES string of the molecule is Oc1ccccc1-c1sc(-c2n[nH]c3ccccc23)nc1O. The quantitative estimate of drug-likeness (QED) is 0.526. The first-order valence-corrected chi connectivity index (χ1v) is 7.47. The largest absolute Gasteiger partial charge is 0.507 e. The standard InChI is InChI=1S/C16H11N3O2S/c20-12-8-4-2-6-10(12)14-15(21)17-16(22-14)13-9-5-1-3-7-11(9)18-19-13/h1-8,20-21H,(H,18,19). The van der Waals surface area contributed by atoms with Crippen LogP contribution < -0.4 is 0 Å². The fourth-order valence-electron chi connectivity index (χ4n) is 2.38. The van der Waals surface area contributed by atoms with Crippen molar-refractivity contribution in [2.75, 3.05) is 0 Å². The highest BCUT2D eigenvalue weighted by Gasteiger charge is 2.18. The summed E-state index contributed by atoms with van der Waals surface area (Å²) in [7, 11) is 0. The number of aromatic amines is 1. The zero-order valence-electron chi connectivity index (χ0n) is 11.3. The molecule has 4 aromatic rings. The number of nitrogens with one attached hydrogen (secondary N) is 1. The van der Waals surface area contributed by atoms with Crippen molar-refractivity contribution in [2.45, 2.75) is 0 Å². The minimum atomic E-state index is -0.103. The van der Waals surface area contributed by atoms with Gasteiger partial charge in [-0.2, -0.15) is 10.1 Å². The maximum Gasteiger partial charge on any atom is 0.230 e. The van der Waals surface area contributed by atoms with Crippen LogP contribution in [0.2, 0.25) is 0 Å². The summed E-state index contributed by atoms with van der Waals surface area (Å²) in [5.41, 5.74) is 2.16. The molecule has 0 amide bonds. The molecule has 0 aliphatic heterocycles. The Bertz CT molecular complexity index is 974. The molecule has 2 heterocycles. The van der Waals surface area contributed by atoms with Gasteiger partial charge in [0.2, 0.25) is 5.88 Å². The summed E-state index contributed by atoms with van der Waals surface area (Å²) in [6.45, 7) is 0. The van der Waals surface area contributed by atoms with E-state index in [9.17, 15) is 10.2 Å². The molecule has 108 valence electrons. The molecule has 0 radical (unpaired) electrons. The third-order valence-electron chi connectivity index (χ3n) is 3.43. The second kappa shape index (κ2) is 4.85. The van der Waals surface area contributed by atoms with E-state index in [4.69, 9.17) is 0 Å². The average molecular weight is 309 g/mol. The molecule has 0 aliphatic carbocycles. The van der Waals surface area contributed by atoms with Gasteiger partial charge in [-0.1, -0.05) is 30.3 Å². The molecular weight excluding hydrogens is 298 g/mol. The van der Waals surface area contributed by atoms with Crippen LogP contribution in [0.25, 0.3) is 32.0 Å². The first-order chi connectivity index (χ1) is 10.7. The average Bonchev–Trinajstić information content (AvgIpc) is 3.11. The second-order valence-electron chi connectivity index (χ2n) is 4.81. The van der Waals surface area contributed by atoms with E-state index in [1.165, 1.54) is 11.3 Å². The van der Waals surface area contributed by atoms with Gasteiger partial charge in [-0.3, -0.25) is 5.10 Å². The van der Waals surface area contributed by atoms with Crippen molar-refractivity contribution in [3.63, 3.8) is 0 Å². The van der Waals surface area contributed by atoms with Crippen LogP contribution >= 0.6 is 11.3 Å². The number of fused-ring (bicyclic) bond motifs is 1. The van der Waals surface area contributed by atoms with Gasteiger partial charge in [-0.25, -0.2) is 0 Å².